The van der Waals surface area contributed by atoms with Crippen molar-refractivity contribution in [1.29, 1.82) is 0 Å². The Balaban J connectivity index is 2.59. The van der Waals surface area contributed by atoms with E-state index < -0.39 is 9.05 Å². The van der Waals surface area contributed by atoms with E-state index in [0.29, 0.717) is 17.9 Å². The summed E-state index contributed by atoms with van der Waals surface area (Å²) in [5, 5.41) is 2.62. The maximum atomic E-state index is 11.4. The zero-order chi connectivity index (χ0) is 12.6. The standard InChI is InChI=1S/C10H10ClNO4S/c1-2-16-8-5-7-6(4-10(13)12-7)3-9(8)17(11,14)15/h3,5H,2,4H2,1H3,(H,12,13). The Morgan fingerprint density at radius 2 is 2.18 bits per heavy atom. The maximum Gasteiger partial charge on any atom is 0.264 e. The van der Waals surface area contributed by atoms with Crippen LogP contribution in [-0.4, -0.2) is 20.9 Å². The molecule has 0 radical (unpaired) electrons. The summed E-state index contributed by atoms with van der Waals surface area (Å²) in [7, 11) is 1.44. The Bertz CT molecular complexity index is 582. The lowest BCUT2D eigenvalue weighted by Gasteiger charge is -2.10. The summed E-state index contributed by atoms with van der Waals surface area (Å²) >= 11 is 0. The summed E-state index contributed by atoms with van der Waals surface area (Å²) in [6.45, 7) is 2.04. The van der Waals surface area contributed by atoms with Gasteiger partial charge in [0.2, 0.25) is 5.91 Å². The SMILES string of the molecule is CCOc1cc2c(cc1S(=O)(=O)Cl)CC(=O)N2. The van der Waals surface area contributed by atoms with Gasteiger partial charge in [-0.2, -0.15) is 0 Å². The summed E-state index contributed by atoms with van der Waals surface area (Å²) in [5.41, 5.74) is 1.18. The first kappa shape index (κ1) is 12.2. The molecular formula is C10H10ClNO4S. The number of carbonyl (C=O) groups excluding carboxylic acids is 1. The fraction of sp³-hybridized carbons (Fsp3) is 0.300. The summed E-state index contributed by atoms with van der Waals surface area (Å²) in [6, 6.07) is 2.86. The highest BCUT2D eigenvalue weighted by Gasteiger charge is 2.25. The highest BCUT2D eigenvalue weighted by atomic mass is 35.7. The third kappa shape index (κ3) is 2.37. The van der Waals surface area contributed by atoms with Gasteiger partial charge >= 0.3 is 0 Å². The van der Waals surface area contributed by atoms with E-state index in [9.17, 15) is 13.2 Å². The van der Waals surface area contributed by atoms with E-state index in [0.717, 1.165) is 0 Å². The Kier molecular flexibility index (Phi) is 3.01. The number of fused-ring (bicyclic) bond motifs is 1. The van der Waals surface area contributed by atoms with Gasteiger partial charge in [-0.25, -0.2) is 8.42 Å². The molecule has 0 fully saturated rings. The molecule has 1 aromatic carbocycles. The zero-order valence-corrected chi connectivity index (χ0v) is 10.6. The van der Waals surface area contributed by atoms with Gasteiger partial charge in [0.1, 0.15) is 10.6 Å². The topological polar surface area (TPSA) is 72.5 Å². The van der Waals surface area contributed by atoms with Gasteiger partial charge in [0, 0.05) is 22.4 Å². The average molecular weight is 276 g/mol. The normalized spacial score (nSPS) is 14.4. The number of benzene rings is 1. The van der Waals surface area contributed by atoms with E-state index in [4.69, 9.17) is 15.4 Å². The molecule has 0 spiro atoms. The number of anilines is 1. The van der Waals surface area contributed by atoms with Crippen LogP contribution >= 0.6 is 10.7 Å². The molecule has 1 aliphatic heterocycles. The van der Waals surface area contributed by atoms with Crippen LogP contribution in [0.2, 0.25) is 0 Å². The van der Waals surface area contributed by atoms with Gasteiger partial charge in [-0.05, 0) is 18.6 Å². The summed E-state index contributed by atoms with van der Waals surface area (Å²) < 4.78 is 28.0. The van der Waals surface area contributed by atoms with E-state index in [-0.39, 0.29) is 23.0 Å². The molecular weight excluding hydrogens is 266 g/mol. The van der Waals surface area contributed by atoms with Crippen molar-refractivity contribution >= 4 is 31.3 Å². The second-order valence-corrected chi connectivity index (χ2v) is 6.09. The number of nitrogens with one attached hydrogen (secondary N) is 1. The third-order valence-electron chi connectivity index (χ3n) is 2.36. The van der Waals surface area contributed by atoms with Gasteiger partial charge in [0.25, 0.3) is 9.05 Å². The van der Waals surface area contributed by atoms with Crippen molar-refractivity contribution in [3.63, 3.8) is 0 Å². The lowest BCUT2D eigenvalue weighted by Crippen LogP contribution is -2.03. The van der Waals surface area contributed by atoms with E-state index in [1.165, 1.54) is 12.1 Å². The number of hydrogen-bond donors (Lipinski definition) is 1. The van der Waals surface area contributed by atoms with Crippen LogP contribution in [0.15, 0.2) is 17.0 Å². The fourth-order valence-electron chi connectivity index (χ4n) is 1.69. The molecule has 1 aliphatic rings. The highest BCUT2D eigenvalue weighted by Crippen LogP contribution is 2.35. The van der Waals surface area contributed by atoms with Gasteiger partial charge in [0.05, 0.1) is 13.0 Å². The van der Waals surface area contributed by atoms with E-state index >= 15 is 0 Å². The molecule has 0 aromatic heterocycles. The van der Waals surface area contributed by atoms with Gasteiger partial charge in [-0.1, -0.05) is 0 Å². The molecule has 17 heavy (non-hydrogen) atoms. The summed E-state index contributed by atoms with van der Waals surface area (Å²) in [4.78, 5) is 11.1. The van der Waals surface area contributed by atoms with E-state index in [1.807, 2.05) is 0 Å². The summed E-state index contributed by atoms with van der Waals surface area (Å²) in [5.74, 6) is -0.0185. The van der Waals surface area contributed by atoms with Crippen molar-refractivity contribution in [2.75, 3.05) is 11.9 Å². The van der Waals surface area contributed by atoms with Crippen molar-refractivity contribution < 1.29 is 17.9 Å². The molecule has 92 valence electrons. The minimum Gasteiger partial charge on any atom is -0.492 e. The number of hydrogen-bond acceptors (Lipinski definition) is 4. The number of amides is 1. The average Bonchev–Trinajstić information content (AvgIpc) is 2.55. The van der Waals surface area contributed by atoms with Crippen molar-refractivity contribution in [3.05, 3.63) is 17.7 Å². The Hall–Kier alpha value is -1.27. The molecule has 1 heterocycles. The van der Waals surface area contributed by atoms with Crippen LogP contribution in [0, 0.1) is 0 Å². The largest absolute Gasteiger partial charge is 0.492 e. The van der Waals surface area contributed by atoms with Crippen LogP contribution in [0.25, 0.3) is 0 Å². The molecule has 0 unspecified atom stereocenters. The number of rotatable bonds is 3. The first-order chi connectivity index (χ1) is 7.91. The zero-order valence-electron chi connectivity index (χ0n) is 8.99. The molecule has 0 atom stereocenters. The minimum atomic E-state index is -3.89. The van der Waals surface area contributed by atoms with Crippen LogP contribution < -0.4 is 10.1 Å². The van der Waals surface area contributed by atoms with Crippen molar-refractivity contribution in [2.45, 2.75) is 18.2 Å². The lowest BCUT2D eigenvalue weighted by atomic mass is 10.1. The highest BCUT2D eigenvalue weighted by molar-refractivity contribution is 8.13. The lowest BCUT2D eigenvalue weighted by molar-refractivity contribution is -0.115. The Morgan fingerprint density at radius 3 is 2.76 bits per heavy atom. The first-order valence-corrected chi connectivity index (χ1v) is 7.27. The van der Waals surface area contributed by atoms with Crippen LogP contribution in [0.3, 0.4) is 0 Å². The third-order valence-corrected chi connectivity index (χ3v) is 3.70. The van der Waals surface area contributed by atoms with Gasteiger partial charge in [0.15, 0.2) is 0 Å². The van der Waals surface area contributed by atoms with Gasteiger partial charge in [-0.15, -0.1) is 0 Å². The van der Waals surface area contributed by atoms with Crippen molar-refractivity contribution in [2.24, 2.45) is 0 Å². The molecule has 7 heteroatoms. The predicted octanol–water partition coefficient (Wildman–Crippen LogP) is 1.51. The van der Waals surface area contributed by atoms with Gasteiger partial charge < -0.3 is 10.1 Å². The molecule has 0 saturated carbocycles. The second-order valence-electron chi connectivity index (χ2n) is 3.55. The van der Waals surface area contributed by atoms with Crippen molar-refractivity contribution in [1.82, 2.24) is 0 Å². The maximum absolute atomic E-state index is 11.4. The Morgan fingerprint density at radius 1 is 1.47 bits per heavy atom. The number of carbonyl (C=O) groups is 1. The molecule has 0 bridgehead atoms. The monoisotopic (exact) mass is 275 g/mol. The molecule has 5 nitrogen and oxygen atoms in total. The number of ether oxygens (including phenoxy) is 1. The van der Waals surface area contributed by atoms with Crippen LogP contribution in [0.5, 0.6) is 5.75 Å². The first-order valence-electron chi connectivity index (χ1n) is 4.96. The smallest absolute Gasteiger partial charge is 0.264 e. The minimum absolute atomic E-state index is 0.101. The van der Waals surface area contributed by atoms with Crippen molar-refractivity contribution in [3.8, 4) is 5.75 Å². The molecule has 2 rings (SSSR count). The molecule has 0 aliphatic carbocycles. The van der Waals surface area contributed by atoms with Crippen LogP contribution in [-0.2, 0) is 20.3 Å². The fourth-order valence-corrected chi connectivity index (χ4v) is 2.69. The second kappa shape index (κ2) is 4.19. The summed E-state index contributed by atoms with van der Waals surface area (Å²) in [6.07, 6.45) is 0.154. The molecule has 0 saturated heterocycles. The number of halogens is 1. The van der Waals surface area contributed by atoms with Crippen LogP contribution in [0.1, 0.15) is 12.5 Å². The molecule has 1 N–H and O–H groups in total. The van der Waals surface area contributed by atoms with E-state index in [2.05, 4.69) is 5.32 Å². The molecule has 1 amide bonds. The quantitative estimate of drug-likeness (QED) is 0.849. The van der Waals surface area contributed by atoms with Crippen LogP contribution in [0.4, 0.5) is 5.69 Å². The Labute approximate surface area is 103 Å². The molecule has 1 aromatic rings. The van der Waals surface area contributed by atoms with Gasteiger partial charge in [-0.3, -0.25) is 4.79 Å². The van der Waals surface area contributed by atoms with E-state index in [1.54, 1.807) is 6.92 Å². The predicted molar refractivity (Wildman–Crippen MR) is 63.0 cm³/mol.